The third kappa shape index (κ3) is 2.21. The smallest absolute Gasteiger partial charge is 0.0615 e. The SMILES string of the molecule is Cc1ccc(C=CCO)c(C)c1. The lowest BCUT2D eigenvalue weighted by atomic mass is 10.1. The Morgan fingerprint density at radius 2 is 2.08 bits per heavy atom. The van der Waals surface area contributed by atoms with Gasteiger partial charge in [0.15, 0.2) is 0 Å². The van der Waals surface area contributed by atoms with Crippen molar-refractivity contribution in [2.45, 2.75) is 13.8 Å². The average molecular weight is 162 g/mol. The van der Waals surface area contributed by atoms with Crippen molar-refractivity contribution in [1.82, 2.24) is 0 Å². The van der Waals surface area contributed by atoms with Gasteiger partial charge in [0.25, 0.3) is 0 Å². The Balaban J connectivity index is 2.94. The second-order valence-corrected chi connectivity index (χ2v) is 2.94. The van der Waals surface area contributed by atoms with Crippen LogP contribution < -0.4 is 0 Å². The molecule has 0 aliphatic heterocycles. The van der Waals surface area contributed by atoms with E-state index in [1.54, 1.807) is 6.08 Å². The molecular weight excluding hydrogens is 148 g/mol. The van der Waals surface area contributed by atoms with Gasteiger partial charge in [-0.15, -0.1) is 0 Å². The summed E-state index contributed by atoms with van der Waals surface area (Å²) in [5.41, 5.74) is 3.70. The molecular formula is C11H14O. The van der Waals surface area contributed by atoms with Crippen LogP contribution in [0, 0.1) is 13.8 Å². The predicted molar refractivity (Wildman–Crippen MR) is 52.0 cm³/mol. The van der Waals surface area contributed by atoms with Crippen LogP contribution in [-0.2, 0) is 0 Å². The first-order chi connectivity index (χ1) is 5.74. The van der Waals surface area contributed by atoms with Gasteiger partial charge >= 0.3 is 0 Å². The van der Waals surface area contributed by atoms with E-state index in [0.29, 0.717) is 0 Å². The number of aryl methyl sites for hydroxylation is 2. The van der Waals surface area contributed by atoms with Gasteiger partial charge in [-0.05, 0) is 25.0 Å². The van der Waals surface area contributed by atoms with Crippen LogP contribution in [0.1, 0.15) is 16.7 Å². The highest BCUT2D eigenvalue weighted by Gasteiger charge is 1.92. The molecule has 0 unspecified atom stereocenters. The summed E-state index contributed by atoms with van der Waals surface area (Å²) in [7, 11) is 0. The Morgan fingerprint density at radius 1 is 1.33 bits per heavy atom. The first-order valence-corrected chi connectivity index (χ1v) is 4.08. The third-order valence-electron chi connectivity index (χ3n) is 1.83. The van der Waals surface area contributed by atoms with Crippen molar-refractivity contribution in [3.63, 3.8) is 0 Å². The third-order valence-corrected chi connectivity index (χ3v) is 1.83. The monoisotopic (exact) mass is 162 g/mol. The topological polar surface area (TPSA) is 20.2 Å². The highest BCUT2D eigenvalue weighted by atomic mass is 16.2. The van der Waals surface area contributed by atoms with E-state index in [1.165, 1.54) is 16.7 Å². The minimum absolute atomic E-state index is 0.104. The van der Waals surface area contributed by atoms with E-state index in [9.17, 15) is 0 Å². The molecule has 1 aromatic rings. The zero-order chi connectivity index (χ0) is 8.97. The summed E-state index contributed by atoms with van der Waals surface area (Å²) in [6.45, 7) is 4.25. The largest absolute Gasteiger partial charge is 0.392 e. The fourth-order valence-corrected chi connectivity index (χ4v) is 1.19. The van der Waals surface area contributed by atoms with E-state index >= 15 is 0 Å². The van der Waals surface area contributed by atoms with Crippen LogP contribution in [0.3, 0.4) is 0 Å². The van der Waals surface area contributed by atoms with Crippen LogP contribution in [0.5, 0.6) is 0 Å². The molecule has 1 heteroatoms. The molecule has 0 radical (unpaired) electrons. The van der Waals surface area contributed by atoms with E-state index in [4.69, 9.17) is 5.11 Å². The summed E-state index contributed by atoms with van der Waals surface area (Å²) in [4.78, 5) is 0. The molecule has 1 aromatic carbocycles. The predicted octanol–water partition coefficient (Wildman–Crippen LogP) is 2.31. The minimum atomic E-state index is 0.104. The molecule has 1 nitrogen and oxygen atoms in total. The molecule has 0 amide bonds. The maximum Gasteiger partial charge on any atom is 0.0615 e. The Kier molecular flexibility index (Phi) is 3.06. The van der Waals surface area contributed by atoms with Gasteiger partial charge in [-0.2, -0.15) is 0 Å². The highest BCUT2D eigenvalue weighted by molar-refractivity contribution is 5.54. The molecule has 0 saturated carbocycles. The molecule has 1 rings (SSSR count). The van der Waals surface area contributed by atoms with Gasteiger partial charge in [0.2, 0.25) is 0 Å². The summed E-state index contributed by atoms with van der Waals surface area (Å²) in [5, 5.41) is 8.59. The summed E-state index contributed by atoms with van der Waals surface area (Å²) in [6.07, 6.45) is 3.69. The van der Waals surface area contributed by atoms with Crippen molar-refractivity contribution in [3.05, 3.63) is 41.0 Å². The average Bonchev–Trinajstić information content (AvgIpc) is 2.03. The van der Waals surface area contributed by atoms with Gasteiger partial charge in [0.05, 0.1) is 6.61 Å². The van der Waals surface area contributed by atoms with Crippen molar-refractivity contribution < 1.29 is 5.11 Å². The number of benzene rings is 1. The second kappa shape index (κ2) is 4.07. The zero-order valence-corrected chi connectivity index (χ0v) is 7.54. The number of hydrogen-bond acceptors (Lipinski definition) is 1. The Bertz CT molecular complexity index is 287. The summed E-state index contributed by atoms with van der Waals surface area (Å²) < 4.78 is 0. The number of hydrogen-bond donors (Lipinski definition) is 1. The van der Waals surface area contributed by atoms with Gasteiger partial charge in [0, 0.05) is 0 Å². The number of rotatable bonds is 2. The molecule has 64 valence electrons. The molecule has 0 aliphatic carbocycles. The Morgan fingerprint density at radius 3 is 2.67 bits per heavy atom. The van der Waals surface area contributed by atoms with Crippen molar-refractivity contribution in [1.29, 1.82) is 0 Å². The molecule has 0 atom stereocenters. The maximum atomic E-state index is 8.59. The fraction of sp³-hybridized carbons (Fsp3) is 0.273. The normalized spacial score (nSPS) is 10.9. The van der Waals surface area contributed by atoms with E-state index in [0.717, 1.165) is 0 Å². The zero-order valence-electron chi connectivity index (χ0n) is 7.54. The molecule has 1 N–H and O–H groups in total. The van der Waals surface area contributed by atoms with Gasteiger partial charge in [-0.3, -0.25) is 0 Å². The first kappa shape index (κ1) is 9.01. The van der Waals surface area contributed by atoms with Crippen molar-refractivity contribution in [2.24, 2.45) is 0 Å². The molecule has 12 heavy (non-hydrogen) atoms. The van der Waals surface area contributed by atoms with Crippen LogP contribution in [0.2, 0.25) is 0 Å². The second-order valence-electron chi connectivity index (χ2n) is 2.94. The molecule has 0 heterocycles. The molecule has 0 aliphatic rings. The van der Waals surface area contributed by atoms with Gasteiger partial charge in [-0.25, -0.2) is 0 Å². The molecule has 0 saturated heterocycles. The van der Waals surface area contributed by atoms with Crippen LogP contribution >= 0.6 is 0 Å². The van der Waals surface area contributed by atoms with Crippen molar-refractivity contribution in [3.8, 4) is 0 Å². The van der Waals surface area contributed by atoms with Crippen LogP contribution in [-0.4, -0.2) is 11.7 Å². The summed E-state index contributed by atoms with van der Waals surface area (Å²) in [6, 6.07) is 6.28. The van der Waals surface area contributed by atoms with E-state index < -0.39 is 0 Å². The molecule has 0 aromatic heterocycles. The minimum Gasteiger partial charge on any atom is -0.392 e. The lowest BCUT2D eigenvalue weighted by molar-refractivity contribution is 0.343. The van der Waals surface area contributed by atoms with E-state index in [2.05, 4.69) is 32.0 Å². The highest BCUT2D eigenvalue weighted by Crippen LogP contribution is 2.11. The quantitative estimate of drug-likeness (QED) is 0.707. The van der Waals surface area contributed by atoms with E-state index in [-0.39, 0.29) is 6.61 Å². The summed E-state index contributed by atoms with van der Waals surface area (Å²) in [5.74, 6) is 0. The number of aliphatic hydroxyl groups is 1. The molecule has 0 spiro atoms. The Labute approximate surface area is 73.4 Å². The van der Waals surface area contributed by atoms with Gasteiger partial charge in [0.1, 0.15) is 0 Å². The Hall–Kier alpha value is -1.08. The van der Waals surface area contributed by atoms with Gasteiger partial charge in [-0.1, -0.05) is 35.9 Å². The maximum absolute atomic E-state index is 8.59. The van der Waals surface area contributed by atoms with E-state index in [1.807, 2.05) is 6.08 Å². The number of aliphatic hydroxyl groups excluding tert-OH is 1. The fourth-order valence-electron chi connectivity index (χ4n) is 1.19. The lowest BCUT2D eigenvalue weighted by Gasteiger charge is -2.00. The summed E-state index contributed by atoms with van der Waals surface area (Å²) >= 11 is 0. The van der Waals surface area contributed by atoms with Crippen LogP contribution in [0.15, 0.2) is 24.3 Å². The molecule has 0 bridgehead atoms. The van der Waals surface area contributed by atoms with Gasteiger partial charge < -0.3 is 5.11 Å². The van der Waals surface area contributed by atoms with Crippen LogP contribution in [0.25, 0.3) is 6.08 Å². The first-order valence-electron chi connectivity index (χ1n) is 4.08. The molecule has 0 fully saturated rings. The van der Waals surface area contributed by atoms with Crippen molar-refractivity contribution >= 4 is 6.08 Å². The standard InChI is InChI=1S/C11H14O/c1-9-5-6-11(4-3-7-12)10(2)8-9/h3-6,8,12H,7H2,1-2H3. The van der Waals surface area contributed by atoms with Crippen molar-refractivity contribution in [2.75, 3.05) is 6.61 Å². The lowest BCUT2D eigenvalue weighted by Crippen LogP contribution is -1.82. The van der Waals surface area contributed by atoms with Crippen LogP contribution in [0.4, 0.5) is 0 Å².